The Morgan fingerprint density at radius 2 is 2.25 bits per heavy atom. The van der Waals surface area contributed by atoms with Crippen molar-refractivity contribution < 1.29 is 4.79 Å². The van der Waals surface area contributed by atoms with Gasteiger partial charge < -0.3 is 10.3 Å². The van der Waals surface area contributed by atoms with Gasteiger partial charge in [0.15, 0.2) is 0 Å². The lowest BCUT2D eigenvalue weighted by Gasteiger charge is -2.03. The normalized spacial score (nSPS) is 10.3. The van der Waals surface area contributed by atoms with Crippen LogP contribution in [0.5, 0.6) is 0 Å². The second-order valence-electron chi connectivity index (χ2n) is 3.48. The molecule has 0 atom stereocenters. The summed E-state index contributed by atoms with van der Waals surface area (Å²) in [5, 5.41) is 4.10. The molecule has 0 aliphatic carbocycles. The van der Waals surface area contributed by atoms with E-state index in [2.05, 4.69) is 16.9 Å². The Labute approximate surface area is 98.1 Å². The molecule has 1 amide bonds. The summed E-state index contributed by atoms with van der Waals surface area (Å²) in [6.07, 6.45) is 1.84. The van der Waals surface area contributed by atoms with Crippen LogP contribution in [0.15, 0.2) is 42.1 Å². The van der Waals surface area contributed by atoms with Crippen LogP contribution in [-0.4, -0.2) is 17.4 Å². The number of aromatic amines is 1. The zero-order chi connectivity index (χ0) is 11.5. The zero-order valence-corrected chi connectivity index (χ0v) is 9.34. The number of nitrogens with one attached hydrogen (secondary N) is 2. The van der Waals surface area contributed by atoms with E-state index in [9.17, 15) is 4.79 Å². The summed E-state index contributed by atoms with van der Waals surface area (Å²) in [6, 6.07) is 7.40. The van der Waals surface area contributed by atoms with E-state index in [0.717, 1.165) is 10.9 Å². The second-order valence-corrected chi connectivity index (χ2v) is 4.01. The molecule has 2 aromatic rings. The topological polar surface area (TPSA) is 44.9 Å². The van der Waals surface area contributed by atoms with Crippen molar-refractivity contribution >= 4 is 28.4 Å². The van der Waals surface area contributed by atoms with Crippen molar-refractivity contribution in [2.24, 2.45) is 0 Å². The Balaban J connectivity index is 2.19. The van der Waals surface area contributed by atoms with Crippen LogP contribution in [0.1, 0.15) is 10.4 Å². The highest BCUT2D eigenvalue weighted by atomic mass is 35.5. The van der Waals surface area contributed by atoms with Crippen molar-refractivity contribution in [1.82, 2.24) is 10.3 Å². The third-order valence-electron chi connectivity index (χ3n) is 2.26. The summed E-state index contributed by atoms with van der Waals surface area (Å²) in [5.41, 5.74) is 1.63. The molecule has 0 radical (unpaired) electrons. The van der Waals surface area contributed by atoms with E-state index in [1.54, 1.807) is 6.07 Å². The van der Waals surface area contributed by atoms with Crippen LogP contribution in [0.25, 0.3) is 10.9 Å². The molecule has 1 heterocycles. The third kappa shape index (κ3) is 2.25. The molecule has 0 saturated heterocycles. The Bertz CT molecular complexity index is 545. The maximum Gasteiger partial charge on any atom is 0.251 e. The summed E-state index contributed by atoms with van der Waals surface area (Å²) in [5.74, 6) is -0.148. The number of halogens is 1. The number of carbonyl (C=O) groups is 1. The van der Waals surface area contributed by atoms with E-state index in [0.29, 0.717) is 10.6 Å². The summed E-state index contributed by atoms with van der Waals surface area (Å²) in [4.78, 5) is 14.8. The molecule has 0 fully saturated rings. The van der Waals surface area contributed by atoms with Gasteiger partial charge in [0, 0.05) is 27.7 Å². The minimum Gasteiger partial charge on any atom is -0.361 e. The average Bonchev–Trinajstić information content (AvgIpc) is 2.72. The molecule has 0 aliphatic rings. The van der Waals surface area contributed by atoms with Crippen molar-refractivity contribution in [2.75, 3.05) is 6.54 Å². The molecule has 0 bridgehead atoms. The van der Waals surface area contributed by atoms with Crippen molar-refractivity contribution in [3.05, 3.63) is 47.6 Å². The molecule has 0 aliphatic heterocycles. The minimum absolute atomic E-state index is 0.148. The van der Waals surface area contributed by atoms with Gasteiger partial charge in [-0.1, -0.05) is 18.2 Å². The first-order valence-corrected chi connectivity index (χ1v) is 5.23. The van der Waals surface area contributed by atoms with E-state index >= 15 is 0 Å². The monoisotopic (exact) mass is 234 g/mol. The van der Waals surface area contributed by atoms with Gasteiger partial charge in [0.1, 0.15) is 0 Å². The summed E-state index contributed by atoms with van der Waals surface area (Å²) in [7, 11) is 0. The van der Waals surface area contributed by atoms with Crippen molar-refractivity contribution in [2.45, 2.75) is 0 Å². The van der Waals surface area contributed by atoms with Crippen LogP contribution >= 0.6 is 11.6 Å². The fourth-order valence-electron chi connectivity index (χ4n) is 1.47. The molecule has 2 N–H and O–H groups in total. The van der Waals surface area contributed by atoms with E-state index in [1.165, 1.54) is 0 Å². The Hall–Kier alpha value is -1.74. The Morgan fingerprint density at radius 3 is 3.00 bits per heavy atom. The van der Waals surface area contributed by atoms with Crippen LogP contribution < -0.4 is 5.32 Å². The molecular formula is C12H11ClN2O. The molecule has 3 nitrogen and oxygen atoms in total. The van der Waals surface area contributed by atoms with E-state index in [4.69, 9.17) is 11.6 Å². The molecule has 4 heteroatoms. The summed E-state index contributed by atoms with van der Waals surface area (Å²) < 4.78 is 0. The zero-order valence-electron chi connectivity index (χ0n) is 8.59. The summed E-state index contributed by atoms with van der Waals surface area (Å²) in [6.45, 7) is 3.79. The fraction of sp³-hybridized carbons (Fsp3) is 0.0833. The fourth-order valence-corrected chi connectivity index (χ4v) is 1.54. The lowest BCUT2D eigenvalue weighted by molar-refractivity contribution is 0.0958. The van der Waals surface area contributed by atoms with E-state index in [1.807, 2.05) is 24.4 Å². The van der Waals surface area contributed by atoms with E-state index in [-0.39, 0.29) is 12.5 Å². The van der Waals surface area contributed by atoms with Gasteiger partial charge in [-0.25, -0.2) is 0 Å². The average molecular weight is 235 g/mol. The lowest BCUT2D eigenvalue weighted by atomic mass is 10.1. The number of carbonyl (C=O) groups excluding carboxylic acids is 1. The minimum atomic E-state index is -0.148. The van der Waals surface area contributed by atoms with Gasteiger partial charge in [-0.3, -0.25) is 4.79 Å². The SMILES string of the molecule is C=C(Cl)CNC(=O)c1ccc2[nH]ccc2c1. The molecule has 2 rings (SSSR count). The van der Waals surface area contributed by atoms with Gasteiger partial charge in [-0.05, 0) is 24.3 Å². The number of H-pyrrole nitrogens is 1. The Kier molecular flexibility index (Phi) is 2.97. The Morgan fingerprint density at radius 1 is 1.44 bits per heavy atom. The highest BCUT2D eigenvalue weighted by Gasteiger charge is 2.06. The largest absolute Gasteiger partial charge is 0.361 e. The maximum absolute atomic E-state index is 11.7. The van der Waals surface area contributed by atoms with Gasteiger partial charge in [0.25, 0.3) is 5.91 Å². The van der Waals surface area contributed by atoms with Crippen molar-refractivity contribution in [1.29, 1.82) is 0 Å². The molecule has 1 aromatic heterocycles. The van der Waals surface area contributed by atoms with Gasteiger partial charge in [0.05, 0.1) is 6.54 Å². The van der Waals surface area contributed by atoms with Gasteiger partial charge in [-0.15, -0.1) is 0 Å². The van der Waals surface area contributed by atoms with Gasteiger partial charge in [0.2, 0.25) is 0 Å². The van der Waals surface area contributed by atoms with Crippen molar-refractivity contribution in [3.63, 3.8) is 0 Å². The van der Waals surface area contributed by atoms with Crippen LogP contribution in [0, 0.1) is 0 Å². The standard InChI is InChI=1S/C12H11ClN2O/c1-8(13)7-15-12(16)10-2-3-11-9(6-10)4-5-14-11/h2-6,14H,1,7H2,(H,15,16). The molecule has 0 saturated carbocycles. The molecule has 82 valence electrons. The molecule has 16 heavy (non-hydrogen) atoms. The molecule has 0 unspecified atom stereocenters. The van der Waals surface area contributed by atoms with Gasteiger partial charge in [-0.2, -0.15) is 0 Å². The first-order valence-electron chi connectivity index (χ1n) is 4.85. The number of fused-ring (bicyclic) bond motifs is 1. The quantitative estimate of drug-likeness (QED) is 0.843. The molecule has 1 aromatic carbocycles. The highest BCUT2D eigenvalue weighted by molar-refractivity contribution is 6.29. The van der Waals surface area contributed by atoms with Crippen LogP contribution in [0.3, 0.4) is 0 Å². The number of benzene rings is 1. The first-order chi connectivity index (χ1) is 7.66. The number of rotatable bonds is 3. The molecular weight excluding hydrogens is 224 g/mol. The summed E-state index contributed by atoms with van der Waals surface area (Å²) >= 11 is 5.57. The third-order valence-corrected chi connectivity index (χ3v) is 2.39. The first kappa shape index (κ1) is 10.8. The predicted molar refractivity (Wildman–Crippen MR) is 65.6 cm³/mol. The second kappa shape index (κ2) is 4.41. The van der Waals surface area contributed by atoms with Crippen LogP contribution in [0.2, 0.25) is 0 Å². The molecule has 0 spiro atoms. The number of aromatic nitrogens is 1. The lowest BCUT2D eigenvalue weighted by Crippen LogP contribution is -2.24. The maximum atomic E-state index is 11.7. The van der Waals surface area contributed by atoms with Crippen LogP contribution in [-0.2, 0) is 0 Å². The predicted octanol–water partition coefficient (Wildman–Crippen LogP) is 2.65. The highest BCUT2D eigenvalue weighted by Crippen LogP contribution is 2.14. The van der Waals surface area contributed by atoms with E-state index < -0.39 is 0 Å². The number of amides is 1. The van der Waals surface area contributed by atoms with Gasteiger partial charge >= 0.3 is 0 Å². The smallest absolute Gasteiger partial charge is 0.251 e. The van der Waals surface area contributed by atoms with Crippen LogP contribution in [0.4, 0.5) is 0 Å². The number of hydrogen-bond acceptors (Lipinski definition) is 1. The van der Waals surface area contributed by atoms with Crippen molar-refractivity contribution in [3.8, 4) is 0 Å². The number of hydrogen-bond donors (Lipinski definition) is 2.